The molecule has 2 rings (SSSR count). The zero-order valence-corrected chi connectivity index (χ0v) is 10.0. The molecule has 0 fully saturated rings. The largest absolute Gasteiger partial charge is 0.277 e. The third-order valence-electron chi connectivity index (χ3n) is 1.76. The molecule has 0 saturated heterocycles. The summed E-state index contributed by atoms with van der Waals surface area (Å²) in [6, 6.07) is 7.36. The lowest BCUT2D eigenvalue weighted by molar-refractivity contribution is 1.03. The van der Waals surface area contributed by atoms with Crippen molar-refractivity contribution in [1.82, 2.24) is 9.55 Å². The third kappa shape index (κ3) is 1.80. The molecular formula is C9H5BrCl2N2. The zero-order chi connectivity index (χ0) is 10.1. The first-order chi connectivity index (χ1) is 6.68. The maximum atomic E-state index is 5.91. The summed E-state index contributed by atoms with van der Waals surface area (Å²) in [5.74, 6) is 0. The van der Waals surface area contributed by atoms with Crippen LogP contribution in [0.1, 0.15) is 0 Å². The Morgan fingerprint density at radius 2 is 1.79 bits per heavy atom. The highest BCUT2D eigenvalue weighted by Gasteiger charge is 2.06. The van der Waals surface area contributed by atoms with E-state index in [4.69, 9.17) is 23.2 Å². The smallest absolute Gasteiger partial charge is 0.208 e. The van der Waals surface area contributed by atoms with E-state index in [0.717, 1.165) is 10.3 Å². The Kier molecular flexibility index (Phi) is 2.81. The van der Waals surface area contributed by atoms with E-state index in [1.54, 1.807) is 22.9 Å². The molecule has 72 valence electrons. The highest BCUT2D eigenvalue weighted by atomic mass is 79.9. The molecule has 1 aromatic heterocycles. The van der Waals surface area contributed by atoms with Crippen LogP contribution in [0.25, 0.3) is 5.69 Å². The summed E-state index contributed by atoms with van der Waals surface area (Å²) < 4.78 is 2.59. The summed E-state index contributed by atoms with van der Waals surface area (Å²) in [4.78, 5) is 3.96. The Hall–Kier alpha value is -0.510. The van der Waals surface area contributed by atoms with Crippen LogP contribution in [0.15, 0.2) is 35.1 Å². The van der Waals surface area contributed by atoms with Crippen molar-refractivity contribution in [2.24, 2.45) is 0 Å². The predicted molar refractivity (Wildman–Crippen MR) is 61.3 cm³/mol. The summed E-state index contributed by atoms with van der Waals surface area (Å²) in [7, 11) is 0. The SMILES string of the molecule is Clc1ccc(-n2c(Br)cnc2Cl)cc1. The van der Waals surface area contributed by atoms with E-state index in [2.05, 4.69) is 20.9 Å². The monoisotopic (exact) mass is 290 g/mol. The quantitative estimate of drug-likeness (QED) is 0.778. The topological polar surface area (TPSA) is 17.8 Å². The second-order valence-corrected chi connectivity index (χ2v) is 4.25. The zero-order valence-electron chi connectivity index (χ0n) is 6.92. The molecular weight excluding hydrogens is 287 g/mol. The number of hydrogen-bond acceptors (Lipinski definition) is 1. The Labute approximate surface area is 99.6 Å². The Morgan fingerprint density at radius 1 is 1.14 bits per heavy atom. The summed E-state index contributed by atoms with van der Waals surface area (Å²) in [6.45, 7) is 0. The minimum Gasteiger partial charge on any atom is -0.277 e. The molecule has 0 unspecified atom stereocenters. The van der Waals surface area contributed by atoms with Gasteiger partial charge in [0.1, 0.15) is 4.60 Å². The van der Waals surface area contributed by atoms with Gasteiger partial charge in [0, 0.05) is 10.7 Å². The number of rotatable bonds is 1. The average Bonchev–Trinajstić information content (AvgIpc) is 2.49. The lowest BCUT2D eigenvalue weighted by Gasteiger charge is -2.04. The van der Waals surface area contributed by atoms with E-state index in [-0.39, 0.29) is 0 Å². The average molecular weight is 292 g/mol. The van der Waals surface area contributed by atoms with Crippen LogP contribution in [0.4, 0.5) is 0 Å². The fourth-order valence-electron chi connectivity index (χ4n) is 1.13. The number of halogens is 3. The first-order valence-electron chi connectivity index (χ1n) is 3.83. The summed E-state index contributed by atoms with van der Waals surface area (Å²) in [6.07, 6.45) is 1.65. The standard InChI is InChI=1S/C9H5BrCl2N2/c10-8-5-13-9(12)14(8)7-3-1-6(11)2-4-7/h1-5H. The van der Waals surface area contributed by atoms with Crippen LogP contribution >= 0.6 is 39.1 Å². The van der Waals surface area contributed by atoms with Gasteiger partial charge in [-0.05, 0) is 51.8 Å². The maximum Gasteiger partial charge on any atom is 0.208 e. The fourth-order valence-corrected chi connectivity index (χ4v) is 2.07. The van der Waals surface area contributed by atoms with E-state index in [1.165, 1.54) is 0 Å². The van der Waals surface area contributed by atoms with Crippen LogP contribution in [0, 0.1) is 0 Å². The highest BCUT2D eigenvalue weighted by Crippen LogP contribution is 2.23. The van der Waals surface area contributed by atoms with E-state index >= 15 is 0 Å². The van der Waals surface area contributed by atoms with Gasteiger partial charge in [-0.15, -0.1) is 0 Å². The first kappa shape index (κ1) is 10.0. The van der Waals surface area contributed by atoms with Gasteiger partial charge in [0.25, 0.3) is 0 Å². The van der Waals surface area contributed by atoms with Crippen molar-refractivity contribution in [3.63, 3.8) is 0 Å². The molecule has 0 aliphatic heterocycles. The minimum atomic E-state index is 0.416. The van der Waals surface area contributed by atoms with Crippen molar-refractivity contribution in [3.05, 3.63) is 45.4 Å². The van der Waals surface area contributed by atoms with Crippen molar-refractivity contribution >= 4 is 39.1 Å². The molecule has 0 N–H and O–H groups in total. The summed E-state index contributed by atoms with van der Waals surface area (Å²) in [5.41, 5.74) is 0.920. The highest BCUT2D eigenvalue weighted by molar-refractivity contribution is 9.10. The first-order valence-corrected chi connectivity index (χ1v) is 5.38. The van der Waals surface area contributed by atoms with Gasteiger partial charge < -0.3 is 0 Å². The molecule has 0 bridgehead atoms. The van der Waals surface area contributed by atoms with Gasteiger partial charge in [0.2, 0.25) is 5.28 Å². The van der Waals surface area contributed by atoms with Crippen molar-refractivity contribution in [2.45, 2.75) is 0 Å². The Bertz CT molecular complexity index is 431. The van der Waals surface area contributed by atoms with Crippen LogP contribution in [-0.2, 0) is 0 Å². The van der Waals surface area contributed by atoms with Crippen LogP contribution in [0.2, 0.25) is 10.3 Å². The van der Waals surface area contributed by atoms with Gasteiger partial charge in [-0.3, -0.25) is 4.57 Å². The maximum absolute atomic E-state index is 5.91. The van der Waals surface area contributed by atoms with Gasteiger partial charge in [0.15, 0.2) is 0 Å². The molecule has 1 aromatic carbocycles. The van der Waals surface area contributed by atoms with E-state index in [0.29, 0.717) is 10.3 Å². The molecule has 0 amide bonds. The van der Waals surface area contributed by atoms with Crippen LogP contribution < -0.4 is 0 Å². The van der Waals surface area contributed by atoms with Gasteiger partial charge in [-0.25, -0.2) is 4.98 Å². The lowest BCUT2D eigenvalue weighted by atomic mass is 10.3. The molecule has 0 atom stereocenters. The fraction of sp³-hybridized carbons (Fsp3) is 0. The van der Waals surface area contributed by atoms with Crippen molar-refractivity contribution in [3.8, 4) is 5.69 Å². The third-order valence-corrected chi connectivity index (χ3v) is 2.84. The van der Waals surface area contributed by atoms with Gasteiger partial charge in [-0.2, -0.15) is 0 Å². The summed E-state index contributed by atoms with van der Waals surface area (Å²) in [5, 5.41) is 1.11. The molecule has 0 aliphatic rings. The van der Waals surface area contributed by atoms with Crippen LogP contribution in [0.3, 0.4) is 0 Å². The molecule has 0 aliphatic carbocycles. The molecule has 0 radical (unpaired) electrons. The normalized spacial score (nSPS) is 10.5. The number of aromatic nitrogens is 2. The van der Waals surface area contributed by atoms with Gasteiger partial charge >= 0.3 is 0 Å². The van der Waals surface area contributed by atoms with Gasteiger partial charge in [-0.1, -0.05) is 11.6 Å². The van der Waals surface area contributed by atoms with Crippen LogP contribution in [0.5, 0.6) is 0 Å². The molecule has 2 aromatic rings. The molecule has 1 heterocycles. The molecule has 2 nitrogen and oxygen atoms in total. The van der Waals surface area contributed by atoms with E-state index in [1.807, 2.05) is 12.1 Å². The number of imidazole rings is 1. The van der Waals surface area contributed by atoms with Crippen molar-refractivity contribution in [2.75, 3.05) is 0 Å². The number of nitrogens with zero attached hydrogens (tertiary/aromatic N) is 2. The van der Waals surface area contributed by atoms with Crippen molar-refractivity contribution in [1.29, 1.82) is 0 Å². The molecule has 0 saturated carbocycles. The number of benzene rings is 1. The Morgan fingerprint density at radius 3 is 2.29 bits per heavy atom. The van der Waals surface area contributed by atoms with E-state index in [9.17, 15) is 0 Å². The second kappa shape index (κ2) is 3.93. The number of hydrogen-bond donors (Lipinski definition) is 0. The second-order valence-electron chi connectivity index (χ2n) is 2.66. The predicted octanol–water partition coefficient (Wildman–Crippen LogP) is 3.94. The molecule has 5 heteroatoms. The lowest BCUT2D eigenvalue weighted by Crippen LogP contribution is -1.93. The van der Waals surface area contributed by atoms with E-state index < -0.39 is 0 Å². The molecule has 14 heavy (non-hydrogen) atoms. The minimum absolute atomic E-state index is 0.416. The molecule has 0 spiro atoms. The van der Waals surface area contributed by atoms with Crippen LogP contribution in [-0.4, -0.2) is 9.55 Å². The summed E-state index contributed by atoms with van der Waals surface area (Å²) >= 11 is 15.0. The van der Waals surface area contributed by atoms with Crippen molar-refractivity contribution < 1.29 is 0 Å². The Balaban J connectivity index is 2.54. The van der Waals surface area contributed by atoms with Gasteiger partial charge in [0.05, 0.1) is 6.20 Å².